The zero-order valence-electron chi connectivity index (χ0n) is 9.36. The molecule has 16 heavy (non-hydrogen) atoms. The Hall–Kier alpha value is -2.10. The van der Waals surface area contributed by atoms with Crippen LogP contribution in [0.4, 0.5) is 5.69 Å². The Morgan fingerprint density at radius 1 is 1.31 bits per heavy atom. The van der Waals surface area contributed by atoms with Crippen LogP contribution in [0.15, 0.2) is 30.5 Å². The largest absolute Gasteiger partial charge is 0.382 e. The molecule has 0 aliphatic carbocycles. The molecular weight excluding hydrogens is 200 g/mol. The first-order valence-electron chi connectivity index (χ1n) is 5.00. The number of benzene rings is 1. The van der Waals surface area contributed by atoms with Gasteiger partial charge in [0, 0.05) is 31.4 Å². The van der Waals surface area contributed by atoms with E-state index in [0.29, 0.717) is 5.69 Å². The van der Waals surface area contributed by atoms with Crippen molar-refractivity contribution in [3.63, 3.8) is 0 Å². The van der Waals surface area contributed by atoms with Gasteiger partial charge in [-0.15, -0.1) is 0 Å². The quantitative estimate of drug-likeness (QED) is 0.589. The van der Waals surface area contributed by atoms with E-state index in [1.54, 1.807) is 6.20 Å². The Morgan fingerprint density at radius 3 is 2.69 bits per heavy atom. The molecule has 2 aromatic rings. The molecule has 0 radical (unpaired) electrons. The number of nitrogens with two attached hydrogens (primary N) is 1. The number of fused-ring (bicyclic) bond motifs is 1. The summed E-state index contributed by atoms with van der Waals surface area (Å²) < 4.78 is 0. The van der Waals surface area contributed by atoms with Crippen LogP contribution in [0.1, 0.15) is 5.69 Å². The number of hydrogen-bond acceptors (Lipinski definition) is 3. The average Bonchev–Trinajstić information content (AvgIpc) is 2.27. The molecule has 1 heterocycles. The van der Waals surface area contributed by atoms with Gasteiger partial charge < -0.3 is 10.6 Å². The summed E-state index contributed by atoms with van der Waals surface area (Å²) >= 11 is 0. The van der Waals surface area contributed by atoms with Gasteiger partial charge in [-0.05, 0) is 23.6 Å². The lowest BCUT2D eigenvalue weighted by molar-refractivity contribution is 1.13. The lowest BCUT2D eigenvalue weighted by Crippen LogP contribution is -2.14. The van der Waals surface area contributed by atoms with Gasteiger partial charge in [-0.3, -0.25) is 10.4 Å². The second-order valence-electron chi connectivity index (χ2n) is 3.87. The zero-order chi connectivity index (χ0) is 11.7. The third kappa shape index (κ3) is 1.69. The minimum atomic E-state index is 0.00139. The third-order valence-electron chi connectivity index (χ3n) is 2.52. The van der Waals surface area contributed by atoms with Gasteiger partial charge in [0.1, 0.15) is 11.5 Å². The summed E-state index contributed by atoms with van der Waals surface area (Å²) in [4.78, 5) is 6.15. The number of pyridine rings is 1. The summed E-state index contributed by atoms with van der Waals surface area (Å²) in [6.45, 7) is 0. The van der Waals surface area contributed by atoms with E-state index < -0.39 is 0 Å². The van der Waals surface area contributed by atoms with Crippen LogP contribution in [0.25, 0.3) is 10.8 Å². The molecule has 0 bridgehead atoms. The fraction of sp³-hybridized carbons (Fsp3) is 0.167. The maximum Gasteiger partial charge on any atom is 0.142 e. The van der Waals surface area contributed by atoms with E-state index in [1.165, 1.54) is 0 Å². The zero-order valence-corrected chi connectivity index (χ0v) is 9.36. The SMILES string of the molecule is CN(C)c1ccc2ccnc(C(=N)N)c2c1. The fourth-order valence-electron chi connectivity index (χ4n) is 1.65. The topological polar surface area (TPSA) is 66.0 Å². The molecule has 82 valence electrons. The van der Waals surface area contributed by atoms with Crippen LogP contribution in [0.2, 0.25) is 0 Å². The molecule has 3 N–H and O–H groups in total. The Bertz CT molecular complexity index is 546. The molecule has 4 heteroatoms. The summed E-state index contributed by atoms with van der Waals surface area (Å²) in [6.07, 6.45) is 1.67. The summed E-state index contributed by atoms with van der Waals surface area (Å²) in [5, 5.41) is 9.46. The predicted octanol–water partition coefficient (Wildman–Crippen LogP) is 1.58. The summed E-state index contributed by atoms with van der Waals surface area (Å²) in [5.74, 6) is 0.00139. The molecule has 0 fully saturated rings. The molecule has 0 unspecified atom stereocenters. The molecule has 4 nitrogen and oxygen atoms in total. The van der Waals surface area contributed by atoms with E-state index in [9.17, 15) is 0 Å². The van der Waals surface area contributed by atoms with Crippen molar-refractivity contribution in [3.05, 3.63) is 36.2 Å². The summed E-state index contributed by atoms with van der Waals surface area (Å²) in [7, 11) is 3.95. The third-order valence-corrected chi connectivity index (χ3v) is 2.52. The molecular formula is C12H14N4. The van der Waals surface area contributed by atoms with Crippen molar-refractivity contribution >= 4 is 22.3 Å². The number of nitrogens with zero attached hydrogens (tertiary/aromatic N) is 2. The fourth-order valence-corrected chi connectivity index (χ4v) is 1.65. The van der Waals surface area contributed by atoms with Crippen LogP contribution in [-0.2, 0) is 0 Å². The highest BCUT2D eigenvalue weighted by Crippen LogP contribution is 2.22. The van der Waals surface area contributed by atoms with Gasteiger partial charge in [0.15, 0.2) is 0 Å². The number of rotatable bonds is 2. The Kier molecular flexibility index (Phi) is 2.48. The van der Waals surface area contributed by atoms with Crippen molar-refractivity contribution in [2.24, 2.45) is 5.73 Å². The summed E-state index contributed by atoms with van der Waals surface area (Å²) in [5.41, 5.74) is 7.13. The van der Waals surface area contributed by atoms with Gasteiger partial charge in [-0.1, -0.05) is 6.07 Å². The highest BCUT2D eigenvalue weighted by molar-refractivity contribution is 6.06. The standard InChI is InChI=1S/C12H14N4/c1-16(2)9-4-3-8-5-6-15-11(12(13)14)10(8)7-9/h3-7H,1-2H3,(H3,13,14). The predicted molar refractivity (Wildman–Crippen MR) is 67.1 cm³/mol. The minimum Gasteiger partial charge on any atom is -0.382 e. The van der Waals surface area contributed by atoms with Crippen molar-refractivity contribution in [1.29, 1.82) is 5.41 Å². The molecule has 0 aliphatic rings. The van der Waals surface area contributed by atoms with Gasteiger partial charge in [-0.2, -0.15) is 0 Å². The van der Waals surface area contributed by atoms with Gasteiger partial charge in [0.25, 0.3) is 0 Å². The lowest BCUT2D eigenvalue weighted by atomic mass is 10.1. The average molecular weight is 214 g/mol. The molecule has 0 atom stereocenters. The lowest BCUT2D eigenvalue weighted by Gasteiger charge is -2.13. The molecule has 1 aromatic heterocycles. The maximum atomic E-state index is 7.50. The summed E-state index contributed by atoms with van der Waals surface area (Å²) in [6, 6.07) is 7.96. The van der Waals surface area contributed by atoms with Crippen LogP contribution >= 0.6 is 0 Å². The smallest absolute Gasteiger partial charge is 0.142 e. The Morgan fingerprint density at radius 2 is 2.06 bits per heavy atom. The van der Waals surface area contributed by atoms with E-state index in [0.717, 1.165) is 16.5 Å². The molecule has 0 saturated carbocycles. The monoisotopic (exact) mass is 214 g/mol. The molecule has 0 aliphatic heterocycles. The number of aromatic nitrogens is 1. The number of nitrogens with one attached hydrogen (secondary N) is 1. The van der Waals surface area contributed by atoms with Crippen molar-refractivity contribution in [2.75, 3.05) is 19.0 Å². The molecule has 0 saturated heterocycles. The second-order valence-corrected chi connectivity index (χ2v) is 3.87. The van der Waals surface area contributed by atoms with E-state index in [-0.39, 0.29) is 5.84 Å². The van der Waals surface area contributed by atoms with Crippen LogP contribution in [-0.4, -0.2) is 24.9 Å². The number of nitrogen functional groups attached to an aromatic ring is 1. The van der Waals surface area contributed by atoms with Crippen molar-refractivity contribution < 1.29 is 0 Å². The second kappa shape index (κ2) is 3.81. The Labute approximate surface area is 94.2 Å². The van der Waals surface area contributed by atoms with Gasteiger partial charge >= 0.3 is 0 Å². The number of amidine groups is 1. The first kappa shape index (κ1) is 10.4. The minimum absolute atomic E-state index is 0.00139. The van der Waals surface area contributed by atoms with Crippen LogP contribution in [0.5, 0.6) is 0 Å². The molecule has 0 spiro atoms. The highest BCUT2D eigenvalue weighted by atomic mass is 15.1. The van der Waals surface area contributed by atoms with E-state index in [1.807, 2.05) is 43.3 Å². The Balaban J connectivity index is 2.73. The van der Waals surface area contributed by atoms with Crippen LogP contribution in [0, 0.1) is 5.41 Å². The maximum absolute atomic E-state index is 7.50. The van der Waals surface area contributed by atoms with Crippen molar-refractivity contribution in [1.82, 2.24) is 4.98 Å². The van der Waals surface area contributed by atoms with Gasteiger partial charge in [0.05, 0.1) is 0 Å². The molecule has 1 aromatic carbocycles. The molecule has 2 rings (SSSR count). The van der Waals surface area contributed by atoms with Gasteiger partial charge in [0.2, 0.25) is 0 Å². The first-order valence-corrected chi connectivity index (χ1v) is 5.00. The van der Waals surface area contributed by atoms with Crippen molar-refractivity contribution in [3.8, 4) is 0 Å². The van der Waals surface area contributed by atoms with Crippen LogP contribution in [0.3, 0.4) is 0 Å². The van der Waals surface area contributed by atoms with Gasteiger partial charge in [-0.25, -0.2) is 0 Å². The van der Waals surface area contributed by atoms with E-state index >= 15 is 0 Å². The molecule has 0 amide bonds. The first-order chi connectivity index (χ1) is 7.59. The van der Waals surface area contributed by atoms with E-state index in [2.05, 4.69) is 4.98 Å². The van der Waals surface area contributed by atoms with Crippen molar-refractivity contribution in [2.45, 2.75) is 0 Å². The van der Waals surface area contributed by atoms with E-state index in [4.69, 9.17) is 11.1 Å². The highest BCUT2D eigenvalue weighted by Gasteiger charge is 2.06. The number of hydrogen-bond donors (Lipinski definition) is 2. The number of anilines is 1. The van der Waals surface area contributed by atoms with Crippen LogP contribution < -0.4 is 10.6 Å². The normalized spacial score (nSPS) is 10.4.